The molecule has 1 atom stereocenters. The summed E-state index contributed by atoms with van der Waals surface area (Å²) in [6, 6.07) is 3.48. The molecule has 4 nitrogen and oxygen atoms in total. The van der Waals surface area contributed by atoms with Gasteiger partial charge in [0.05, 0.1) is 6.04 Å². The van der Waals surface area contributed by atoms with Crippen molar-refractivity contribution in [1.29, 1.82) is 0 Å². The van der Waals surface area contributed by atoms with Crippen molar-refractivity contribution in [3.63, 3.8) is 0 Å². The molecule has 3 N–H and O–H groups in total. The van der Waals surface area contributed by atoms with Crippen LogP contribution in [0.15, 0.2) is 18.2 Å². The molecule has 6 heteroatoms. The second-order valence-corrected chi connectivity index (χ2v) is 3.85. The lowest BCUT2D eigenvalue weighted by Crippen LogP contribution is -2.06. The maximum Gasteiger partial charge on any atom is 0.167 e. The first-order chi connectivity index (χ1) is 8.06. The van der Waals surface area contributed by atoms with Crippen LogP contribution in [0.5, 0.6) is 0 Å². The van der Waals surface area contributed by atoms with Crippen LogP contribution in [-0.4, -0.2) is 15.2 Å². The number of nitrogens with zero attached hydrogens (tertiary/aromatic N) is 2. The molecule has 0 bridgehead atoms. The molecule has 0 spiro atoms. The normalized spacial score (nSPS) is 12.7. The Labute approximate surface area is 96.9 Å². The van der Waals surface area contributed by atoms with E-state index in [0.29, 0.717) is 23.6 Å². The van der Waals surface area contributed by atoms with Gasteiger partial charge in [0.25, 0.3) is 0 Å². The van der Waals surface area contributed by atoms with Gasteiger partial charge < -0.3 is 5.73 Å². The van der Waals surface area contributed by atoms with E-state index in [-0.39, 0.29) is 6.04 Å². The minimum Gasteiger partial charge on any atom is -0.321 e. The number of hydrogen-bond acceptors (Lipinski definition) is 3. The molecule has 1 unspecified atom stereocenters. The highest BCUT2D eigenvalue weighted by Gasteiger charge is 2.09. The number of aromatic nitrogens is 3. The molecule has 90 valence electrons. The predicted octanol–water partition coefficient (Wildman–Crippen LogP) is 1.69. The van der Waals surface area contributed by atoms with Crippen LogP contribution in [-0.2, 0) is 6.42 Å². The zero-order chi connectivity index (χ0) is 12.4. The molecule has 0 aliphatic heterocycles. The average molecular weight is 238 g/mol. The van der Waals surface area contributed by atoms with Crippen molar-refractivity contribution in [2.45, 2.75) is 19.4 Å². The summed E-state index contributed by atoms with van der Waals surface area (Å²) in [5.74, 6) is -0.650. The summed E-state index contributed by atoms with van der Waals surface area (Å²) in [5, 5.41) is 6.64. The molecule has 0 saturated carbocycles. The van der Waals surface area contributed by atoms with Gasteiger partial charge in [0, 0.05) is 6.42 Å². The summed E-state index contributed by atoms with van der Waals surface area (Å²) in [6.07, 6.45) is 0.358. The van der Waals surface area contributed by atoms with E-state index < -0.39 is 11.6 Å². The minimum absolute atomic E-state index is 0.259. The highest BCUT2D eigenvalue weighted by atomic mass is 19.2. The van der Waals surface area contributed by atoms with Crippen molar-refractivity contribution < 1.29 is 8.78 Å². The van der Waals surface area contributed by atoms with Crippen molar-refractivity contribution in [1.82, 2.24) is 15.2 Å². The Balaban J connectivity index is 2.16. The number of benzene rings is 1. The Hall–Kier alpha value is -1.82. The van der Waals surface area contributed by atoms with Crippen LogP contribution in [0.1, 0.15) is 30.2 Å². The zero-order valence-corrected chi connectivity index (χ0v) is 9.24. The molecule has 0 saturated heterocycles. The molecule has 0 aliphatic rings. The Morgan fingerprint density at radius 1 is 1.35 bits per heavy atom. The van der Waals surface area contributed by atoms with Gasteiger partial charge in [0.1, 0.15) is 5.82 Å². The van der Waals surface area contributed by atoms with E-state index in [9.17, 15) is 8.78 Å². The summed E-state index contributed by atoms with van der Waals surface area (Å²) in [5.41, 5.74) is 6.23. The van der Waals surface area contributed by atoms with E-state index in [1.54, 1.807) is 6.92 Å². The number of nitrogens with two attached hydrogens (primary N) is 1. The van der Waals surface area contributed by atoms with E-state index in [1.807, 2.05) is 0 Å². The predicted molar refractivity (Wildman–Crippen MR) is 58.1 cm³/mol. The molecule has 1 heterocycles. The Bertz CT molecular complexity index is 522. The molecule has 0 amide bonds. The van der Waals surface area contributed by atoms with Gasteiger partial charge in [0.2, 0.25) is 0 Å². The van der Waals surface area contributed by atoms with E-state index in [0.717, 1.165) is 12.1 Å². The van der Waals surface area contributed by atoms with Gasteiger partial charge in [-0.15, -0.1) is 0 Å². The summed E-state index contributed by atoms with van der Waals surface area (Å²) in [4.78, 5) is 4.15. The number of H-pyrrole nitrogens is 1. The SMILES string of the molecule is CC(N)c1n[nH]c(Cc2ccc(F)c(F)c2)n1. The van der Waals surface area contributed by atoms with Crippen LogP contribution >= 0.6 is 0 Å². The van der Waals surface area contributed by atoms with Crippen LogP contribution in [0, 0.1) is 11.6 Å². The minimum atomic E-state index is -0.866. The van der Waals surface area contributed by atoms with Gasteiger partial charge in [-0.3, -0.25) is 5.10 Å². The van der Waals surface area contributed by atoms with Crippen molar-refractivity contribution >= 4 is 0 Å². The maximum atomic E-state index is 13.0. The molecule has 1 aromatic carbocycles. The standard InChI is InChI=1S/C11H12F2N4/c1-6(14)11-15-10(16-17-11)5-7-2-3-8(12)9(13)4-7/h2-4,6H,5,14H2,1H3,(H,15,16,17). The third kappa shape index (κ3) is 2.65. The first kappa shape index (κ1) is 11.7. The topological polar surface area (TPSA) is 67.6 Å². The summed E-state index contributed by atoms with van der Waals surface area (Å²) >= 11 is 0. The summed E-state index contributed by atoms with van der Waals surface area (Å²) < 4.78 is 25.7. The van der Waals surface area contributed by atoms with Crippen LogP contribution in [0.4, 0.5) is 8.78 Å². The van der Waals surface area contributed by atoms with Gasteiger partial charge in [-0.2, -0.15) is 5.10 Å². The van der Waals surface area contributed by atoms with E-state index in [2.05, 4.69) is 15.2 Å². The van der Waals surface area contributed by atoms with Gasteiger partial charge in [-0.05, 0) is 24.6 Å². The number of halogens is 2. The van der Waals surface area contributed by atoms with E-state index in [4.69, 9.17) is 5.73 Å². The Morgan fingerprint density at radius 3 is 2.71 bits per heavy atom. The summed E-state index contributed by atoms with van der Waals surface area (Å²) in [6.45, 7) is 1.77. The van der Waals surface area contributed by atoms with Gasteiger partial charge in [0.15, 0.2) is 17.5 Å². The molecule has 0 aliphatic carbocycles. The van der Waals surface area contributed by atoms with Crippen LogP contribution in [0.3, 0.4) is 0 Å². The molecule has 2 aromatic rings. The van der Waals surface area contributed by atoms with Crippen LogP contribution < -0.4 is 5.73 Å². The lowest BCUT2D eigenvalue weighted by molar-refractivity contribution is 0.507. The van der Waals surface area contributed by atoms with Crippen LogP contribution in [0.25, 0.3) is 0 Å². The number of nitrogens with one attached hydrogen (secondary N) is 1. The highest BCUT2D eigenvalue weighted by molar-refractivity contribution is 5.21. The first-order valence-electron chi connectivity index (χ1n) is 5.17. The lowest BCUT2D eigenvalue weighted by Gasteiger charge is -1.99. The van der Waals surface area contributed by atoms with Gasteiger partial charge in [-0.25, -0.2) is 13.8 Å². The van der Waals surface area contributed by atoms with Gasteiger partial charge >= 0.3 is 0 Å². The third-order valence-electron chi connectivity index (χ3n) is 2.31. The number of rotatable bonds is 3. The quantitative estimate of drug-likeness (QED) is 0.855. The summed E-state index contributed by atoms with van der Waals surface area (Å²) in [7, 11) is 0. The average Bonchev–Trinajstić information content (AvgIpc) is 2.72. The zero-order valence-electron chi connectivity index (χ0n) is 9.24. The fourth-order valence-electron chi connectivity index (χ4n) is 1.44. The molecule has 17 heavy (non-hydrogen) atoms. The van der Waals surface area contributed by atoms with E-state index in [1.165, 1.54) is 6.07 Å². The van der Waals surface area contributed by atoms with Crippen LogP contribution in [0.2, 0.25) is 0 Å². The fourth-order valence-corrected chi connectivity index (χ4v) is 1.44. The third-order valence-corrected chi connectivity index (χ3v) is 2.31. The van der Waals surface area contributed by atoms with Crippen molar-refractivity contribution in [2.75, 3.05) is 0 Å². The highest BCUT2D eigenvalue weighted by Crippen LogP contribution is 2.12. The molecule has 1 aromatic heterocycles. The second kappa shape index (κ2) is 4.58. The number of hydrogen-bond donors (Lipinski definition) is 2. The van der Waals surface area contributed by atoms with E-state index >= 15 is 0 Å². The molecule has 2 rings (SSSR count). The first-order valence-corrected chi connectivity index (χ1v) is 5.17. The van der Waals surface area contributed by atoms with Gasteiger partial charge in [-0.1, -0.05) is 6.07 Å². The molecule has 0 fully saturated rings. The Morgan fingerprint density at radius 2 is 2.12 bits per heavy atom. The molecular weight excluding hydrogens is 226 g/mol. The lowest BCUT2D eigenvalue weighted by atomic mass is 10.1. The fraction of sp³-hybridized carbons (Fsp3) is 0.273. The second-order valence-electron chi connectivity index (χ2n) is 3.85. The van der Waals surface area contributed by atoms with Crippen molar-refractivity contribution in [3.05, 3.63) is 47.0 Å². The maximum absolute atomic E-state index is 13.0. The molecular formula is C11H12F2N4. The molecule has 0 radical (unpaired) electrons. The van der Waals surface area contributed by atoms with Crippen molar-refractivity contribution in [2.24, 2.45) is 5.73 Å². The Kier molecular flexibility index (Phi) is 3.14. The van der Waals surface area contributed by atoms with Crippen molar-refractivity contribution in [3.8, 4) is 0 Å². The smallest absolute Gasteiger partial charge is 0.167 e. The largest absolute Gasteiger partial charge is 0.321 e. The monoisotopic (exact) mass is 238 g/mol. The number of aromatic amines is 1.